The van der Waals surface area contributed by atoms with Crippen LogP contribution in [0.2, 0.25) is 5.02 Å². The molecule has 0 aliphatic rings. The van der Waals surface area contributed by atoms with Gasteiger partial charge in [0, 0.05) is 5.02 Å². The lowest BCUT2D eigenvalue weighted by Crippen LogP contribution is -2.05. The summed E-state index contributed by atoms with van der Waals surface area (Å²) >= 11 is 6.19. The molecule has 90 valence electrons. The maximum absolute atomic E-state index is 10.1. The van der Waals surface area contributed by atoms with E-state index in [-0.39, 0.29) is 0 Å². The van der Waals surface area contributed by atoms with Crippen LogP contribution in [0.15, 0.2) is 18.2 Å². The van der Waals surface area contributed by atoms with Crippen molar-refractivity contribution in [2.75, 3.05) is 0 Å². The van der Waals surface area contributed by atoms with Crippen LogP contribution < -0.4 is 0 Å². The van der Waals surface area contributed by atoms with Crippen molar-refractivity contribution < 1.29 is 5.11 Å². The Balaban J connectivity index is 2.72. The van der Waals surface area contributed by atoms with Gasteiger partial charge < -0.3 is 5.11 Å². The zero-order chi connectivity index (χ0) is 12.1. The molecule has 0 aliphatic carbocycles. The zero-order valence-corrected chi connectivity index (χ0v) is 11.1. The van der Waals surface area contributed by atoms with Crippen molar-refractivity contribution in [3.05, 3.63) is 34.3 Å². The van der Waals surface area contributed by atoms with Crippen LogP contribution in [-0.2, 0) is 0 Å². The van der Waals surface area contributed by atoms with Crippen LogP contribution in [0.3, 0.4) is 0 Å². The molecule has 0 heterocycles. The lowest BCUT2D eigenvalue weighted by atomic mass is 9.94. The van der Waals surface area contributed by atoms with E-state index in [9.17, 15) is 5.11 Å². The Hall–Kier alpha value is -0.530. The summed E-state index contributed by atoms with van der Waals surface area (Å²) in [5.74, 6) is 0.538. The Morgan fingerprint density at radius 1 is 1.38 bits per heavy atom. The van der Waals surface area contributed by atoms with Crippen LogP contribution >= 0.6 is 11.6 Å². The molecule has 1 aromatic rings. The average Bonchev–Trinajstić information content (AvgIpc) is 2.22. The van der Waals surface area contributed by atoms with E-state index in [1.165, 1.54) is 0 Å². The third kappa shape index (κ3) is 3.50. The first-order valence-electron chi connectivity index (χ1n) is 5.99. The number of benzene rings is 1. The third-order valence-electron chi connectivity index (χ3n) is 2.99. The second-order valence-corrected chi connectivity index (χ2v) is 5.00. The second kappa shape index (κ2) is 6.27. The Labute approximate surface area is 103 Å². The first kappa shape index (κ1) is 13.5. The maximum Gasteiger partial charge on any atom is 0.0807 e. The minimum Gasteiger partial charge on any atom is -0.388 e. The first-order chi connectivity index (χ1) is 7.56. The number of aliphatic hydroxyl groups excluding tert-OH is 1. The SMILES string of the molecule is CCCC(C)CC(O)c1cccc(C)c1Cl. The molecule has 1 N–H and O–H groups in total. The lowest BCUT2D eigenvalue weighted by molar-refractivity contribution is 0.145. The van der Waals surface area contributed by atoms with E-state index in [0.717, 1.165) is 30.4 Å². The van der Waals surface area contributed by atoms with E-state index in [2.05, 4.69) is 13.8 Å². The highest BCUT2D eigenvalue weighted by atomic mass is 35.5. The summed E-state index contributed by atoms with van der Waals surface area (Å²) in [7, 11) is 0. The van der Waals surface area contributed by atoms with Gasteiger partial charge in [0.2, 0.25) is 0 Å². The topological polar surface area (TPSA) is 20.2 Å². The molecule has 2 heteroatoms. The molecule has 1 nitrogen and oxygen atoms in total. The maximum atomic E-state index is 10.1. The third-order valence-corrected chi connectivity index (χ3v) is 3.50. The molecule has 1 rings (SSSR count). The molecule has 2 atom stereocenters. The van der Waals surface area contributed by atoms with E-state index < -0.39 is 6.10 Å². The summed E-state index contributed by atoms with van der Waals surface area (Å²) in [6.45, 7) is 6.31. The number of hydrogen-bond donors (Lipinski definition) is 1. The van der Waals surface area contributed by atoms with Crippen LogP contribution in [0.25, 0.3) is 0 Å². The summed E-state index contributed by atoms with van der Waals surface area (Å²) in [5, 5.41) is 10.8. The second-order valence-electron chi connectivity index (χ2n) is 4.62. The smallest absolute Gasteiger partial charge is 0.0807 e. The monoisotopic (exact) mass is 240 g/mol. The zero-order valence-electron chi connectivity index (χ0n) is 10.3. The number of halogens is 1. The van der Waals surface area contributed by atoms with Gasteiger partial charge in [-0.05, 0) is 30.4 Å². The summed E-state index contributed by atoms with van der Waals surface area (Å²) in [5.41, 5.74) is 1.89. The van der Waals surface area contributed by atoms with Gasteiger partial charge in [-0.15, -0.1) is 0 Å². The fourth-order valence-electron chi connectivity index (χ4n) is 2.05. The largest absolute Gasteiger partial charge is 0.388 e. The highest BCUT2D eigenvalue weighted by Crippen LogP contribution is 2.30. The van der Waals surface area contributed by atoms with Gasteiger partial charge in [-0.25, -0.2) is 0 Å². The first-order valence-corrected chi connectivity index (χ1v) is 6.37. The quantitative estimate of drug-likeness (QED) is 0.803. The van der Waals surface area contributed by atoms with E-state index in [0.29, 0.717) is 10.9 Å². The van der Waals surface area contributed by atoms with Gasteiger partial charge in [0.25, 0.3) is 0 Å². The molecule has 0 fully saturated rings. The Bertz CT molecular complexity index is 336. The van der Waals surface area contributed by atoms with Crippen LogP contribution in [0.5, 0.6) is 0 Å². The highest BCUT2D eigenvalue weighted by molar-refractivity contribution is 6.32. The highest BCUT2D eigenvalue weighted by Gasteiger charge is 2.15. The molecule has 16 heavy (non-hydrogen) atoms. The predicted octanol–water partition coefficient (Wildman–Crippen LogP) is 4.51. The predicted molar refractivity (Wildman–Crippen MR) is 69.8 cm³/mol. The number of aliphatic hydroxyl groups is 1. The fourth-order valence-corrected chi connectivity index (χ4v) is 2.30. The molecule has 0 saturated heterocycles. The van der Waals surface area contributed by atoms with E-state index >= 15 is 0 Å². The van der Waals surface area contributed by atoms with Gasteiger partial charge in [0.1, 0.15) is 0 Å². The van der Waals surface area contributed by atoms with Crippen molar-refractivity contribution in [2.45, 2.75) is 46.1 Å². The van der Waals surface area contributed by atoms with Crippen molar-refractivity contribution in [3.8, 4) is 0 Å². The van der Waals surface area contributed by atoms with Crippen LogP contribution in [0, 0.1) is 12.8 Å². The molecule has 0 aliphatic heterocycles. The summed E-state index contributed by atoms with van der Waals surface area (Å²) < 4.78 is 0. The Morgan fingerprint density at radius 3 is 2.69 bits per heavy atom. The Kier molecular flexibility index (Phi) is 5.30. The van der Waals surface area contributed by atoms with Gasteiger partial charge in [0.05, 0.1) is 6.10 Å². The van der Waals surface area contributed by atoms with Crippen molar-refractivity contribution in [2.24, 2.45) is 5.92 Å². The van der Waals surface area contributed by atoms with Crippen molar-refractivity contribution in [1.82, 2.24) is 0 Å². The van der Waals surface area contributed by atoms with Crippen LogP contribution in [0.1, 0.15) is 50.3 Å². The van der Waals surface area contributed by atoms with Crippen molar-refractivity contribution in [3.63, 3.8) is 0 Å². The van der Waals surface area contributed by atoms with Gasteiger partial charge in [-0.3, -0.25) is 0 Å². The standard InChI is InChI=1S/C14H21ClO/c1-4-6-10(2)9-13(16)12-8-5-7-11(3)14(12)15/h5,7-8,10,13,16H,4,6,9H2,1-3H3. The molecule has 0 spiro atoms. The molecule has 0 bridgehead atoms. The summed E-state index contributed by atoms with van der Waals surface area (Å²) in [6, 6.07) is 5.83. The minimum absolute atomic E-state index is 0.436. The fraction of sp³-hybridized carbons (Fsp3) is 0.571. The number of hydrogen-bond acceptors (Lipinski definition) is 1. The lowest BCUT2D eigenvalue weighted by Gasteiger charge is -2.18. The number of aryl methyl sites for hydroxylation is 1. The van der Waals surface area contributed by atoms with E-state index in [1.807, 2.05) is 25.1 Å². The molecule has 1 aromatic carbocycles. The summed E-state index contributed by atoms with van der Waals surface area (Å²) in [6.07, 6.45) is 2.67. The summed E-state index contributed by atoms with van der Waals surface area (Å²) in [4.78, 5) is 0. The average molecular weight is 241 g/mol. The van der Waals surface area contributed by atoms with E-state index in [1.54, 1.807) is 0 Å². The van der Waals surface area contributed by atoms with Crippen molar-refractivity contribution >= 4 is 11.6 Å². The molecule has 0 radical (unpaired) electrons. The van der Waals surface area contributed by atoms with Crippen molar-refractivity contribution in [1.29, 1.82) is 0 Å². The molecular formula is C14H21ClO. The molecule has 0 saturated carbocycles. The van der Waals surface area contributed by atoms with E-state index in [4.69, 9.17) is 11.6 Å². The number of rotatable bonds is 5. The molecule has 2 unspecified atom stereocenters. The van der Waals surface area contributed by atoms with Crippen LogP contribution in [0.4, 0.5) is 0 Å². The van der Waals surface area contributed by atoms with Gasteiger partial charge in [-0.2, -0.15) is 0 Å². The van der Waals surface area contributed by atoms with Crippen LogP contribution in [-0.4, -0.2) is 5.11 Å². The molecule has 0 amide bonds. The minimum atomic E-state index is -0.436. The van der Waals surface area contributed by atoms with Gasteiger partial charge in [0.15, 0.2) is 0 Å². The molecular weight excluding hydrogens is 220 g/mol. The normalized spacial score (nSPS) is 14.8. The molecule has 0 aromatic heterocycles. The van der Waals surface area contributed by atoms with Gasteiger partial charge in [-0.1, -0.05) is 56.5 Å². The van der Waals surface area contributed by atoms with Gasteiger partial charge >= 0.3 is 0 Å². The Morgan fingerprint density at radius 2 is 2.06 bits per heavy atom.